The van der Waals surface area contributed by atoms with Gasteiger partial charge < -0.3 is 14.8 Å². The van der Waals surface area contributed by atoms with E-state index in [4.69, 9.17) is 21.1 Å². The number of halogens is 2. The molecule has 2 aromatic rings. The van der Waals surface area contributed by atoms with Gasteiger partial charge >= 0.3 is 5.97 Å². The number of esters is 1. The first-order valence-electron chi connectivity index (χ1n) is 9.56. The minimum absolute atomic E-state index is 0.0810. The number of ketones is 1. The summed E-state index contributed by atoms with van der Waals surface area (Å²) in [5, 5.41) is 3.83. The predicted octanol–water partition coefficient (Wildman–Crippen LogP) is 4.45. The van der Waals surface area contributed by atoms with Crippen molar-refractivity contribution >= 4 is 29.0 Å². The number of carbonyl (C=O) groups is 2. The molecule has 2 unspecified atom stereocenters. The van der Waals surface area contributed by atoms with Crippen LogP contribution in [0.3, 0.4) is 0 Å². The molecule has 2 aromatic carbocycles. The fraction of sp³-hybridized carbons (Fsp3) is 0.364. The van der Waals surface area contributed by atoms with Gasteiger partial charge in [-0.1, -0.05) is 29.8 Å². The number of rotatable bonds is 3. The third kappa shape index (κ3) is 3.63. The minimum Gasteiger partial charge on any atom is -0.465 e. The molecule has 0 bridgehead atoms. The summed E-state index contributed by atoms with van der Waals surface area (Å²) in [4.78, 5) is 26.0. The first-order valence-corrected chi connectivity index (χ1v) is 9.94. The van der Waals surface area contributed by atoms with Crippen LogP contribution in [-0.4, -0.2) is 38.1 Å². The fourth-order valence-corrected chi connectivity index (χ4v) is 4.62. The van der Waals surface area contributed by atoms with E-state index >= 15 is 0 Å². The Hall–Kier alpha value is -2.44. The van der Waals surface area contributed by atoms with Gasteiger partial charge in [-0.3, -0.25) is 4.79 Å². The number of carbonyl (C=O) groups excluding carboxylic acids is 2. The number of ether oxygens (including phenoxy) is 2. The summed E-state index contributed by atoms with van der Waals surface area (Å²) in [6, 6.07) is 9.22. The number of hydrogen-bond donors (Lipinski definition) is 1. The van der Waals surface area contributed by atoms with Crippen molar-refractivity contribution in [1.82, 2.24) is 0 Å². The molecule has 4 rings (SSSR count). The molecule has 7 heteroatoms. The Labute approximate surface area is 173 Å². The molecule has 2 aliphatic rings. The molecule has 5 nitrogen and oxygen atoms in total. The van der Waals surface area contributed by atoms with Crippen LogP contribution < -0.4 is 5.32 Å². The molecule has 2 atom stereocenters. The SMILES string of the molecule is COC(=O)c1cc(F)cc2c1C(=O)C(c1ccccc1Cl)C(C1CCOCC1)N2. The molecule has 2 aliphatic heterocycles. The van der Waals surface area contributed by atoms with Crippen molar-refractivity contribution < 1.29 is 23.5 Å². The van der Waals surface area contributed by atoms with Gasteiger partial charge in [-0.05, 0) is 42.5 Å². The molecule has 29 heavy (non-hydrogen) atoms. The van der Waals surface area contributed by atoms with Gasteiger partial charge in [0, 0.05) is 30.0 Å². The quantitative estimate of drug-likeness (QED) is 0.747. The van der Waals surface area contributed by atoms with E-state index in [1.807, 2.05) is 12.1 Å². The molecule has 1 fully saturated rings. The molecule has 0 aliphatic carbocycles. The van der Waals surface area contributed by atoms with E-state index in [9.17, 15) is 14.0 Å². The summed E-state index contributed by atoms with van der Waals surface area (Å²) < 4.78 is 24.5. The van der Waals surface area contributed by atoms with Crippen molar-refractivity contribution in [3.05, 3.63) is 63.9 Å². The van der Waals surface area contributed by atoms with Crippen LogP contribution in [0.1, 0.15) is 45.0 Å². The van der Waals surface area contributed by atoms with E-state index in [1.165, 1.54) is 13.2 Å². The van der Waals surface area contributed by atoms with E-state index in [1.54, 1.807) is 12.1 Å². The maximum absolute atomic E-state index is 14.2. The molecule has 1 N–H and O–H groups in total. The average molecular weight is 418 g/mol. The van der Waals surface area contributed by atoms with Crippen molar-refractivity contribution in [3.8, 4) is 0 Å². The zero-order valence-electron chi connectivity index (χ0n) is 15.9. The Balaban J connectivity index is 1.88. The number of methoxy groups -OCH3 is 1. The second-order valence-corrected chi connectivity index (χ2v) is 7.76. The summed E-state index contributed by atoms with van der Waals surface area (Å²) in [7, 11) is 1.21. The standard InChI is InChI=1S/C22H21ClFNO4/c1-28-22(27)15-10-13(24)11-17-18(15)21(26)19(14-4-2-3-5-16(14)23)20(25-17)12-6-8-29-9-7-12/h2-5,10-12,19-20,25H,6-9H2,1H3. The molecular formula is C22H21ClFNO4. The maximum Gasteiger partial charge on any atom is 0.338 e. The van der Waals surface area contributed by atoms with E-state index in [0.717, 1.165) is 18.9 Å². The second-order valence-electron chi connectivity index (χ2n) is 7.35. The first kappa shape index (κ1) is 19.9. The van der Waals surface area contributed by atoms with Crippen molar-refractivity contribution in [2.24, 2.45) is 5.92 Å². The van der Waals surface area contributed by atoms with Gasteiger partial charge in [0.15, 0.2) is 5.78 Å². The Morgan fingerprint density at radius 3 is 2.66 bits per heavy atom. The molecule has 0 spiro atoms. The van der Waals surface area contributed by atoms with Crippen molar-refractivity contribution in [1.29, 1.82) is 0 Å². The summed E-state index contributed by atoms with van der Waals surface area (Å²) in [6.07, 6.45) is 1.56. The Morgan fingerprint density at radius 1 is 1.24 bits per heavy atom. The Morgan fingerprint density at radius 2 is 1.97 bits per heavy atom. The summed E-state index contributed by atoms with van der Waals surface area (Å²) in [5.74, 6) is -2.08. The molecular weight excluding hydrogens is 397 g/mol. The highest BCUT2D eigenvalue weighted by atomic mass is 35.5. The third-order valence-corrected chi connectivity index (χ3v) is 6.08. The summed E-state index contributed by atoms with van der Waals surface area (Å²) in [5.41, 5.74) is 1.07. The number of anilines is 1. The van der Waals surface area contributed by atoms with Crippen LogP contribution in [0, 0.1) is 11.7 Å². The van der Waals surface area contributed by atoms with E-state index < -0.39 is 17.7 Å². The number of Topliss-reactive ketones (excluding diaryl/α,β-unsaturated/α-hetero) is 1. The average Bonchev–Trinajstić information content (AvgIpc) is 2.73. The topological polar surface area (TPSA) is 64.6 Å². The highest BCUT2D eigenvalue weighted by Gasteiger charge is 2.43. The molecule has 0 radical (unpaired) electrons. The lowest BCUT2D eigenvalue weighted by Gasteiger charge is -2.40. The second kappa shape index (κ2) is 8.13. The smallest absolute Gasteiger partial charge is 0.338 e. The van der Waals surface area contributed by atoms with Crippen LogP contribution in [-0.2, 0) is 9.47 Å². The lowest BCUT2D eigenvalue weighted by molar-refractivity contribution is 0.0547. The van der Waals surface area contributed by atoms with E-state index in [-0.39, 0.29) is 28.9 Å². The maximum atomic E-state index is 14.2. The molecule has 152 valence electrons. The van der Waals surface area contributed by atoms with E-state index in [0.29, 0.717) is 29.5 Å². The van der Waals surface area contributed by atoms with Crippen LogP contribution >= 0.6 is 11.6 Å². The van der Waals surface area contributed by atoms with Crippen LogP contribution in [0.4, 0.5) is 10.1 Å². The Kier molecular flexibility index (Phi) is 5.56. The van der Waals surface area contributed by atoms with E-state index in [2.05, 4.69) is 5.32 Å². The third-order valence-electron chi connectivity index (χ3n) is 5.73. The number of fused-ring (bicyclic) bond motifs is 1. The lowest BCUT2D eigenvalue weighted by Crippen LogP contribution is -2.45. The van der Waals surface area contributed by atoms with Crippen molar-refractivity contribution in [2.45, 2.75) is 24.8 Å². The Bertz CT molecular complexity index is 958. The number of nitrogens with one attached hydrogen (secondary N) is 1. The minimum atomic E-state index is -0.752. The highest BCUT2D eigenvalue weighted by molar-refractivity contribution is 6.32. The van der Waals surface area contributed by atoms with Gasteiger partial charge in [-0.25, -0.2) is 9.18 Å². The first-order chi connectivity index (χ1) is 14.0. The van der Waals surface area contributed by atoms with Gasteiger partial charge in [0.05, 0.1) is 24.2 Å². The molecule has 1 saturated heterocycles. The van der Waals surface area contributed by atoms with Crippen molar-refractivity contribution in [3.63, 3.8) is 0 Å². The fourth-order valence-electron chi connectivity index (χ4n) is 4.37. The molecule has 0 amide bonds. The molecule has 0 aromatic heterocycles. The van der Waals surface area contributed by atoms with Gasteiger partial charge in [-0.2, -0.15) is 0 Å². The molecule has 0 saturated carbocycles. The van der Waals surface area contributed by atoms with Crippen LogP contribution in [0.2, 0.25) is 5.02 Å². The highest BCUT2D eigenvalue weighted by Crippen LogP contribution is 2.43. The number of hydrogen-bond acceptors (Lipinski definition) is 5. The van der Waals surface area contributed by atoms with Gasteiger partial charge in [-0.15, -0.1) is 0 Å². The zero-order chi connectivity index (χ0) is 20.5. The monoisotopic (exact) mass is 417 g/mol. The normalized spacial score (nSPS) is 22.0. The molecule has 2 heterocycles. The van der Waals surface area contributed by atoms with Gasteiger partial charge in [0.2, 0.25) is 0 Å². The largest absolute Gasteiger partial charge is 0.465 e. The summed E-state index contributed by atoms with van der Waals surface area (Å²) in [6.45, 7) is 1.21. The predicted molar refractivity (Wildman–Crippen MR) is 107 cm³/mol. The van der Waals surface area contributed by atoms with Crippen LogP contribution in [0.5, 0.6) is 0 Å². The van der Waals surface area contributed by atoms with Crippen LogP contribution in [0.25, 0.3) is 0 Å². The van der Waals surface area contributed by atoms with Crippen molar-refractivity contribution in [2.75, 3.05) is 25.6 Å². The summed E-state index contributed by atoms with van der Waals surface area (Å²) >= 11 is 6.45. The van der Waals surface area contributed by atoms with Gasteiger partial charge in [0.1, 0.15) is 5.82 Å². The lowest BCUT2D eigenvalue weighted by atomic mass is 9.73. The van der Waals surface area contributed by atoms with Gasteiger partial charge in [0.25, 0.3) is 0 Å². The van der Waals surface area contributed by atoms with Crippen LogP contribution in [0.15, 0.2) is 36.4 Å². The zero-order valence-corrected chi connectivity index (χ0v) is 16.7. The number of benzene rings is 2.